The van der Waals surface area contributed by atoms with E-state index in [9.17, 15) is 19.8 Å². The highest BCUT2D eigenvalue weighted by atomic mass is 16.5. The van der Waals surface area contributed by atoms with E-state index >= 15 is 0 Å². The smallest absolute Gasteiger partial charge is 0.303 e. The Bertz CT molecular complexity index is 713. The van der Waals surface area contributed by atoms with Gasteiger partial charge in [0.2, 0.25) is 0 Å². The highest BCUT2D eigenvalue weighted by Crippen LogP contribution is 2.58. The summed E-state index contributed by atoms with van der Waals surface area (Å²) in [6.45, 7) is 7.52. The standard InChI is InChI=1S/C21H30O6/c1-10-5-6-21(25)8-14-13-9-26-15(13)7-16(23)20(14,4)19(24)18(27-12(3)22)17(10)11(21)2/h11,13-16,18,23,25H,5-9H2,1-4H3/t11-,13+,14?,15-,16?,18-,20+,21?/m1/s1. The molecule has 2 N–H and O–H groups in total. The number of hydrogen-bond donors (Lipinski definition) is 2. The van der Waals surface area contributed by atoms with Crippen molar-refractivity contribution in [1.82, 2.24) is 0 Å². The Balaban J connectivity index is 1.88. The third-order valence-electron chi connectivity index (χ3n) is 8.02. The van der Waals surface area contributed by atoms with Crippen LogP contribution in [0.1, 0.15) is 53.4 Å². The number of fused-ring (bicyclic) bond motifs is 5. The Morgan fingerprint density at radius 3 is 2.67 bits per heavy atom. The predicted octanol–water partition coefficient (Wildman–Crippen LogP) is 1.77. The van der Waals surface area contributed by atoms with Gasteiger partial charge in [-0.15, -0.1) is 0 Å². The van der Waals surface area contributed by atoms with Crippen molar-refractivity contribution in [2.75, 3.05) is 6.61 Å². The number of rotatable bonds is 1. The lowest BCUT2D eigenvalue weighted by molar-refractivity contribution is -0.238. The lowest BCUT2D eigenvalue weighted by atomic mass is 9.50. The Kier molecular flexibility index (Phi) is 4.33. The van der Waals surface area contributed by atoms with Crippen molar-refractivity contribution >= 4 is 11.8 Å². The number of aliphatic hydroxyl groups is 2. The minimum atomic E-state index is -1.07. The highest BCUT2D eigenvalue weighted by Gasteiger charge is 2.64. The summed E-state index contributed by atoms with van der Waals surface area (Å²) >= 11 is 0. The molecule has 1 aliphatic heterocycles. The maximum absolute atomic E-state index is 13.8. The lowest BCUT2D eigenvalue weighted by Crippen LogP contribution is -2.67. The number of aliphatic hydroxyl groups excluding tert-OH is 1. The molecule has 0 amide bonds. The van der Waals surface area contributed by atoms with Gasteiger partial charge in [-0.1, -0.05) is 12.5 Å². The maximum Gasteiger partial charge on any atom is 0.303 e. The summed E-state index contributed by atoms with van der Waals surface area (Å²) < 4.78 is 11.2. The van der Waals surface area contributed by atoms with Gasteiger partial charge in [0, 0.05) is 25.2 Å². The molecule has 0 aromatic rings. The molecule has 1 heterocycles. The molecule has 3 aliphatic carbocycles. The zero-order chi connectivity index (χ0) is 19.7. The molecule has 4 aliphatic rings. The summed E-state index contributed by atoms with van der Waals surface area (Å²) in [5.41, 5.74) is -0.314. The first kappa shape index (κ1) is 19.1. The number of Topliss-reactive ketones (excluding diaryl/α,β-unsaturated/α-hetero) is 1. The van der Waals surface area contributed by atoms with Crippen LogP contribution in [-0.2, 0) is 19.1 Å². The van der Waals surface area contributed by atoms with E-state index in [1.54, 1.807) is 6.92 Å². The molecule has 8 atom stereocenters. The third kappa shape index (κ3) is 2.56. The molecule has 0 radical (unpaired) electrons. The lowest BCUT2D eigenvalue weighted by Gasteiger charge is -2.60. The van der Waals surface area contributed by atoms with E-state index in [0.29, 0.717) is 32.3 Å². The molecule has 0 spiro atoms. The molecule has 1 saturated heterocycles. The van der Waals surface area contributed by atoms with Gasteiger partial charge < -0.3 is 19.7 Å². The van der Waals surface area contributed by atoms with Gasteiger partial charge in [-0.3, -0.25) is 9.59 Å². The average Bonchev–Trinajstić information content (AvgIpc) is 2.57. The summed E-state index contributed by atoms with van der Waals surface area (Å²) in [4.78, 5) is 25.6. The van der Waals surface area contributed by atoms with Crippen LogP contribution < -0.4 is 0 Å². The van der Waals surface area contributed by atoms with Gasteiger partial charge >= 0.3 is 5.97 Å². The van der Waals surface area contributed by atoms with Crippen LogP contribution in [0.2, 0.25) is 0 Å². The van der Waals surface area contributed by atoms with Crippen molar-refractivity contribution in [1.29, 1.82) is 0 Å². The zero-order valence-electron chi connectivity index (χ0n) is 16.5. The number of hydrogen-bond acceptors (Lipinski definition) is 6. The van der Waals surface area contributed by atoms with Crippen LogP contribution >= 0.6 is 0 Å². The first-order valence-electron chi connectivity index (χ1n) is 10.0. The maximum atomic E-state index is 13.8. The molecule has 6 heteroatoms. The van der Waals surface area contributed by atoms with E-state index in [4.69, 9.17) is 9.47 Å². The molecule has 27 heavy (non-hydrogen) atoms. The molecule has 150 valence electrons. The van der Waals surface area contributed by atoms with Crippen molar-refractivity contribution in [3.8, 4) is 0 Å². The summed E-state index contributed by atoms with van der Waals surface area (Å²) in [6.07, 6.45) is 0.182. The van der Waals surface area contributed by atoms with E-state index in [1.807, 2.05) is 13.8 Å². The SMILES string of the molecule is CC(=O)O[C@H]1C(=O)[C@]2(C)C(O)C[C@H]3OC[C@H]3C2CC2(O)CCC(C)=C1[C@H]2C. The second-order valence-corrected chi connectivity index (χ2v) is 9.30. The highest BCUT2D eigenvalue weighted by molar-refractivity contribution is 5.94. The summed E-state index contributed by atoms with van der Waals surface area (Å²) in [6, 6.07) is 0. The number of carbonyl (C=O) groups excluding carboxylic acids is 2. The van der Waals surface area contributed by atoms with E-state index < -0.39 is 29.2 Å². The van der Waals surface area contributed by atoms with Crippen molar-refractivity contribution in [3.05, 3.63) is 11.1 Å². The van der Waals surface area contributed by atoms with Gasteiger partial charge in [0.25, 0.3) is 0 Å². The molecule has 2 saturated carbocycles. The van der Waals surface area contributed by atoms with Crippen LogP contribution in [0.5, 0.6) is 0 Å². The Morgan fingerprint density at radius 1 is 1.37 bits per heavy atom. The third-order valence-corrected chi connectivity index (χ3v) is 8.02. The molecular weight excluding hydrogens is 348 g/mol. The van der Waals surface area contributed by atoms with Crippen molar-refractivity contribution in [2.45, 2.75) is 77.3 Å². The molecular formula is C21H30O6. The van der Waals surface area contributed by atoms with Crippen LogP contribution in [0, 0.1) is 23.2 Å². The van der Waals surface area contributed by atoms with Gasteiger partial charge in [-0.05, 0) is 44.6 Å². The molecule has 0 aromatic carbocycles. The first-order valence-corrected chi connectivity index (χ1v) is 10.0. The normalized spacial score (nSPS) is 49.3. The van der Waals surface area contributed by atoms with E-state index in [1.165, 1.54) is 6.92 Å². The summed E-state index contributed by atoms with van der Waals surface area (Å²) in [5.74, 6) is -1.08. The van der Waals surface area contributed by atoms with E-state index in [2.05, 4.69) is 0 Å². The van der Waals surface area contributed by atoms with Crippen molar-refractivity contribution in [3.63, 3.8) is 0 Å². The van der Waals surface area contributed by atoms with Gasteiger partial charge in [-0.25, -0.2) is 0 Å². The second-order valence-electron chi connectivity index (χ2n) is 9.30. The average molecular weight is 378 g/mol. The molecule has 3 fully saturated rings. The largest absolute Gasteiger partial charge is 0.450 e. The zero-order valence-corrected chi connectivity index (χ0v) is 16.5. The van der Waals surface area contributed by atoms with E-state index in [-0.39, 0.29) is 29.6 Å². The number of allylic oxidation sites excluding steroid dienone is 1. The van der Waals surface area contributed by atoms with Crippen molar-refractivity contribution < 1.29 is 29.3 Å². The van der Waals surface area contributed by atoms with Crippen LogP contribution in [0.4, 0.5) is 0 Å². The van der Waals surface area contributed by atoms with Gasteiger partial charge in [0.05, 0.1) is 29.8 Å². The van der Waals surface area contributed by atoms with E-state index in [0.717, 1.165) is 11.1 Å². The minimum absolute atomic E-state index is 0.0586. The van der Waals surface area contributed by atoms with Gasteiger partial charge in [-0.2, -0.15) is 0 Å². The fourth-order valence-electron chi connectivity index (χ4n) is 6.07. The topological polar surface area (TPSA) is 93.1 Å². The van der Waals surface area contributed by atoms with Crippen LogP contribution in [0.15, 0.2) is 11.1 Å². The minimum Gasteiger partial charge on any atom is -0.450 e. The summed E-state index contributed by atoms with van der Waals surface area (Å²) in [5, 5.41) is 22.6. The Hall–Kier alpha value is -1.24. The molecule has 3 unspecified atom stereocenters. The number of ketones is 1. The van der Waals surface area contributed by atoms with Gasteiger partial charge in [0.15, 0.2) is 11.9 Å². The first-order chi connectivity index (χ1) is 12.6. The quantitative estimate of drug-likeness (QED) is 0.534. The van der Waals surface area contributed by atoms with Crippen LogP contribution in [0.3, 0.4) is 0 Å². The van der Waals surface area contributed by atoms with Crippen molar-refractivity contribution in [2.24, 2.45) is 23.2 Å². The number of carbonyl (C=O) groups is 2. The summed E-state index contributed by atoms with van der Waals surface area (Å²) in [7, 11) is 0. The number of esters is 1. The molecule has 4 rings (SSSR count). The monoisotopic (exact) mass is 378 g/mol. The number of ether oxygens (including phenoxy) is 2. The molecule has 0 aromatic heterocycles. The van der Waals surface area contributed by atoms with Gasteiger partial charge in [0.1, 0.15) is 0 Å². The second kappa shape index (κ2) is 6.13. The fraction of sp³-hybridized carbons (Fsp3) is 0.810. The molecule has 2 bridgehead atoms. The Labute approximate surface area is 159 Å². The van der Waals surface area contributed by atoms with Crippen LogP contribution in [0.25, 0.3) is 0 Å². The van der Waals surface area contributed by atoms with Crippen LogP contribution in [-0.4, -0.2) is 52.5 Å². The predicted molar refractivity (Wildman–Crippen MR) is 96.7 cm³/mol. The Morgan fingerprint density at radius 2 is 2.07 bits per heavy atom. The molecule has 6 nitrogen and oxygen atoms in total. The fourth-order valence-corrected chi connectivity index (χ4v) is 6.07.